The second-order valence-corrected chi connectivity index (χ2v) is 4.89. The van der Waals surface area contributed by atoms with Crippen LogP contribution in [0.15, 0.2) is 30.5 Å². The van der Waals surface area contributed by atoms with Crippen LogP contribution in [0.2, 0.25) is 0 Å². The fourth-order valence-electron chi connectivity index (χ4n) is 2.66. The molecule has 1 unspecified atom stereocenters. The van der Waals surface area contributed by atoms with E-state index in [2.05, 4.69) is 35.6 Å². The summed E-state index contributed by atoms with van der Waals surface area (Å²) in [5, 5.41) is 4.63. The Morgan fingerprint density at radius 2 is 2.22 bits per heavy atom. The number of fused-ring (bicyclic) bond motifs is 1. The molecule has 3 heteroatoms. The highest BCUT2D eigenvalue weighted by molar-refractivity contribution is 5.97. The Bertz CT molecular complexity index is 598. The van der Waals surface area contributed by atoms with E-state index in [4.69, 9.17) is 4.74 Å². The summed E-state index contributed by atoms with van der Waals surface area (Å²) in [6.07, 6.45) is 4.43. The van der Waals surface area contributed by atoms with Crippen LogP contribution in [0, 0.1) is 5.92 Å². The van der Waals surface area contributed by atoms with E-state index < -0.39 is 0 Å². The van der Waals surface area contributed by atoms with E-state index in [0.717, 1.165) is 24.4 Å². The normalized spacial score (nSPS) is 19.9. The van der Waals surface area contributed by atoms with Crippen molar-refractivity contribution in [1.29, 1.82) is 0 Å². The van der Waals surface area contributed by atoms with Gasteiger partial charge >= 0.3 is 0 Å². The molecule has 94 valence electrons. The lowest BCUT2D eigenvalue weighted by atomic mass is 9.97. The molecule has 1 atom stereocenters. The molecule has 2 heterocycles. The summed E-state index contributed by atoms with van der Waals surface area (Å²) >= 11 is 0. The SMILES string of the molecule is COc1cccc2[nH]cc(C3=CC(C)CNC3)c12. The predicted octanol–water partition coefficient (Wildman–Crippen LogP) is 2.80. The summed E-state index contributed by atoms with van der Waals surface area (Å²) < 4.78 is 5.48. The largest absolute Gasteiger partial charge is 0.496 e. The van der Waals surface area contributed by atoms with E-state index in [1.54, 1.807) is 7.11 Å². The summed E-state index contributed by atoms with van der Waals surface area (Å²) in [4.78, 5) is 3.33. The first-order valence-corrected chi connectivity index (χ1v) is 6.35. The van der Waals surface area contributed by atoms with Gasteiger partial charge in [0.05, 0.1) is 7.11 Å². The van der Waals surface area contributed by atoms with Crippen molar-refractivity contribution in [1.82, 2.24) is 10.3 Å². The molecule has 0 radical (unpaired) electrons. The van der Waals surface area contributed by atoms with Gasteiger partial charge in [0.2, 0.25) is 0 Å². The lowest BCUT2D eigenvalue weighted by molar-refractivity contribution is 0.420. The number of nitrogens with one attached hydrogen (secondary N) is 2. The zero-order valence-electron chi connectivity index (χ0n) is 10.8. The van der Waals surface area contributed by atoms with Crippen LogP contribution in [0.5, 0.6) is 5.75 Å². The van der Waals surface area contributed by atoms with Crippen LogP contribution in [0.25, 0.3) is 16.5 Å². The average molecular weight is 242 g/mol. The van der Waals surface area contributed by atoms with Crippen molar-refractivity contribution >= 4 is 16.5 Å². The first-order valence-electron chi connectivity index (χ1n) is 6.35. The van der Waals surface area contributed by atoms with Gasteiger partial charge in [0.25, 0.3) is 0 Å². The van der Waals surface area contributed by atoms with Crippen LogP contribution in [0.4, 0.5) is 0 Å². The van der Waals surface area contributed by atoms with Crippen LogP contribution < -0.4 is 10.1 Å². The lowest BCUT2D eigenvalue weighted by Crippen LogP contribution is -2.26. The molecular weight excluding hydrogens is 224 g/mol. The smallest absolute Gasteiger partial charge is 0.128 e. The van der Waals surface area contributed by atoms with Gasteiger partial charge in [0.15, 0.2) is 0 Å². The predicted molar refractivity (Wildman–Crippen MR) is 74.9 cm³/mol. The summed E-state index contributed by atoms with van der Waals surface area (Å²) in [5.41, 5.74) is 3.73. The number of rotatable bonds is 2. The maximum atomic E-state index is 5.48. The number of ether oxygens (including phenoxy) is 1. The van der Waals surface area contributed by atoms with Gasteiger partial charge in [-0.3, -0.25) is 0 Å². The molecule has 0 fully saturated rings. The molecule has 0 saturated carbocycles. The molecule has 2 aromatic rings. The first kappa shape index (κ1) is 11.4. The second-order valence-electron chi connectivity index (χ2n) is 4.89. The third-order valence-corrected chi connectivity index (χ3v) is 3.50. The van der Waals surface area contributed by atoms with Crippen LogP contribution >= 0.6 is 0 Å². The maximum absolute atomic E-state index is 5.48. The van der Waals surface area contributed by atoms with Crippen molar-refractivity contribution in [2.45, 2.75) is 6.92 Å². The first-order chi connectivity index (χ1) is 8.79. The Balaban J connectivity index is 2.17. The van der Waals surface area contributed by atoms with Crippen molar-refractivity contribution < 1.29 is 4.74 Å². The minimum Gasteiger partial charge on any atom is -0.496 e. The number of aromatic amines is 1. The van der Waals surface area contributed by atoms with Gasteiger partial charge in [-0.2, -0.15) is 0 Å². The number of benzene rings is 1. The van der Waals surface area contributed by atoms with E-state index in [0.29, 0.717) is 5.92 Å². The van der Waals surface area contributed by atoms with Gasteiger partial charge in [-0.1, -0.05) is 19.1 Å². The lowest BCUT2D eigenvalue weighted by Gasteiger charge is -2.19. The van der Waals surface area contributed by atoms with Crippen molar-refractivity contribution in [2.24, 2.45) is 5.92 Å². The zero-order chi connectivity index (χ0) is 12.5. The molecule has 18 heavy (non-hydrogen) atoms. The van der Waals surface area contributed by atoms with E-state index >= 15 is 0 Å². The summed E-state index contributed by atoms with van der Waals surface area (Å²) in [7, 11) is 1.72. The zero-order valence-corrected chi connectivity index (χ0v) is 10.8. The van der Waals surface area contributed by atoms with Crippen molar-refractivity contribution in [3.8, 4) is 5.75 Å². The van der Waals surface area contributed by atoms with E-state index in [1.165, 1.54) is 16.5 Å². The van der Waals surface area contributed by atoms with E-state index in [1.807, 2.05) is 12.1 Å². The van der Waals surface area contributed by atoms with Gasteiger partial charge in [-0.05, 0) is 23.6 Å². The topological polar surface area (TPSA) is 37.0 Å². The Morgan fingerprint density at radius 1 is 1.33 bits per heavy atom. The number of H-pyrrole nitrogens is 1. The fourth-order valence-corrected chi connectivity index (χ4v) is 2.66. The van der Waals surface area contributed by atoms with Crippen LogP contribution in [0.3, 0.4) is 0 Å². The Hall–Kier alpha value is -1.74. The molecular formula is C15H18N2O. The monoisotopic (exact) mass is 242 g/mol. The van der Waals surface area contributed by atoms with Gasteiger partial charge < -0.3 is 15.0 Å². The Kier molecular flexibility index (Phi) is 2.84. The molecule has 1 aromatic heterocycles. The van der Waals surface area contributed by atoms with Crippen molar-refractivity contribution in [2.75, 3.05) is 20.2 Å². The van der Waals surface area contributed by atoms with Crippen LogP contribution in [-0.4, -0.2) is 25.2 Å². The molecule has 1 aliphatic heterocycles. The van der Waals surface area contributed by atoms with Gasteiger partial charge in [0.1, 0.15) is 5.75 Å². The quantitative estimate of drug-likeness (QED) is 0.849. The van der Waals surface area contributed by atoms with Gasteiger partial charge in [0, 0.05) is 35.8 Å². The minimum absolute atomic E-state index is 0.577. The Labute approximate surface area is 107 Å². The van der Waals surface area contributed by atoms with E-state index in [9.17, 15) is 0 Å². The minimum atomic E-state index is 0.577. The highest BCUT2D eigenvalue weighted by Crippen LogP contribution is 2.33. The standard InChI is InChI=1S/C15H18N2O/c1-10-6-11(8-16-7-10)12-9-17-13-4-3-5-14(18-2)15(12)13/h3-6,9-10,16-17H,7-8H2,1-2H3. The molecule has 0 aliphatic carbocycles. The second kappa shape index (κ2) is 4.50. The third kappa shape index (κ3) is 1.81. The van der Waals surface area contributed by atoms with E-state index in [-0.39, 0.29) is 0 Å². The maximum Gasteiger partial charge on any atom is 0.128 e. The molecule has 0 bridgehead atoms. The summed E-state index contributed by atoms with van der Waals surface area (Å²) in [5.74, 6) is 1.51. The molecule has 3 nitrogen and oxygen atoms in total. The molecule has 1 aliphatic rings. The molecule has 0 spiro atoms. The molecule has 1 aromatic carbocycles. The van der Waals surface area contributed by atoms with Gasteiger partial charge in [-0.15, -0.1) is 0 Å². The highest BCUT2D eigenvalue weighted by Gasteiger charge is 2.16. The van der Waals surface area contributed by atoms with Crippen LogP contribution in [-0.2, 0) is 0 Å². The summed E-state index contributed by atoms with van der Waals surface area (Å²) in [6.45, 7) is 4.22. The number of hydrogen-bond donors (Lipinski definition) is 2. The Morgan fingerprint density at radius 3 is 3.00 bits per heavy atom. The van der Waals surface area contributed by atoms with Gasteiger partial charge in [-0.25, -0.2) is 0 Å². The number of hydrogen-bond acceptors (Lipinski definition) is 2. The van der Waals surface area contributed by atoms with Crippen LogP contribution in [0.1, 0.15) is 12.5 Å². The van der Waals surface area contributed by atoms with Crippen molar-refractivity contribution in [3.05, 3.63) is 36.0 Å². The highest BCUT2D eigenvalue weighted by atomic mass is 16.5. The fraction of sp³-hybridized carbons (Fsp3) is 0.333. The average Bonchev–Trinajstić information content (AvgIpc) is 2.82. The van der Waals surface area contributed by atoms with Crippen molar-refractivity contribution in [3.63, 3.8) is 0 Å². The molecule has 0 amide bonds. The molecule has 0 saturated heterocycles. The summed E-state index contributed by atoms with van der Waals surface area (Å²) in [6, 6.07) is 6.11. The number of aromatic nitrogens is 1. The molecule has 2 N–H and O–H groups in total. The number of methoxy groups -OCH3 is 1. The molecule has 3 rings (SSSR count). The third-order valence-electron chi connectivity index (χ3n) is 3.50.